The van der Waals surface area contributed by atoms with E-state index in [1.165, 1.54) is 4.31 Å². The highest BCUT2D eigenvalue weighted by molar-refractivity contribution is 7.92. The summed E-state index contributed by atoms with van der Waals surface area (Å²) in [5.74, 6) is 2.01. The molecule has 0 aliphatic rings. The Balaban J connectivity index is 1.42. The second kappa shape index (κ2) is 10.9. The molecule has 34 heavy (non-hydrogen) atoms. The van der Waals surface area contributed by atoms with E-state index in [0.29, 0.717) is 29.5 Å². The zero-order valence-corrected chi connectivity index (χ0v) is 19.7. The molecule has 6 nitrogen and oxygen atoms in total. The quantitative estimate of drug-likeness (QED) is 0.290. The fourth-order valence-corrected chi connectivity index (χ4v) is 4.39. The minimum absolute atomic E-state index is 0.00320. The fraction of sp³-hybridized carbons (Fsp3) is 0.148. The summed E-state index contributed by atoms with van der Waals surface area (Å²) in [4.78, 5) is 4.26. The molecule has 0 N–H and O–H groups in total. The number of aromatic nitrogens is 1. The lowest BCUT2D eigenvalue weighted by Crippen LogP contribution is -2.32. The molecule has 0 atom stereocenters. The maximum Gasteiger partial charge on any atom is 0.235 e. The lowest BCUT2D eigenvalue weighted by atomic mass is 10.2. The monoisotopic (exact) mass is 474 g/mol. The van der Waals surface area contributed by atoms with E-state index in [9.17, 15) is 8.42 Å². The van der Waals surface area contributed by atoms with Crippen molar-refractivity contribution in [3.8, 4) is 17.2 Å². The largest absolute Gasteiger partial charge is 0.489 e. The molecular formula is C27H26N2O4S. The van der Waals surface area contributed by atoms with Crippen LogP contribution < -0.4 is 13.8 Å². The van der Waals surface area contributed by atoms with Gasteiger partial charge >= 0.3 is 0 Å². The van der Waals surface area contributed by atoms with Crippen molar-refractivity contribution in [1.82, 2.24) is 4.98 Å². The Morgan fingerprint density at radius 2 is 1.38 bits per heavy atom. The van der Waals surface area contributed by atoms with E-state index >= 15 is 0 Å². The number of rotatable bonds is 10. The maximum atomic E-state index is 12.7. The van der Waals surface area contributed by atoms with Gasteiger partial charge in [-0.15, -0.1) is 0 Å². The molecule has 0 fully saturated rings. The molecule has 0 unspecified atom stereocenters. The van der Waals surface area contributed by atoms with Crippen LogP contribution in [0.2, 0.25) is 0 Å². The number of sulfonamides is 1. The lowest BCUT2D eigenvalue weighted by molar-refractivity contribution is 0.306. The van der Waals surface area contributed by atoms with Crippen LogP contribution in [0.3, 0.4) is 0 Å². The predicted molar refractivity (Wildman–Crippen MR) is 134 cm³/mol. The van der Waals surface area contributed by atoms with Crippen LogP contribution in [0.4, 0.5) is 5.69 Å². The first kappa shape index (κ1) is 23.3. The average molecular weight is 475 g/mol. The number of pyridine rings is 1. The molecular weight excluding hydrogens is 448 g/mol. The Bertz CT molecular complexity index is 1280. The predicted octanol–water partition coefficient (Wildman–Crippen LogP) is 5.81. The molecule has 0 saturated carbocycles. The summed E-state index contributed by atoms with van der Waals surface area (Å²) >= 11 is 0. The summed E-state index contributed by atoms with van der Waals surface area (Å²) in [6.07, 6.45) is 1.65. The van der Waals surface area contributed by atoms with Gasteiger partial charge in [-0.1, -0.05) is 36.4 Å². The van der Waals surface area contributed by atoms with Crippen molar-refractivity contribution < 1.29 is 17.9 Å². The van der Waals surface area contributed by atoms with Crippen LogP contribution in [0.15, 0.2) is 103 Å². The number of hydrogen-bond acceptors (Lipinski definition) is 5. The van der Waals surface area contributed by atoms with E-state index in [1.54, 1.807) is 43.5 Å². The number of hydrogen-bond donors (Lipinski definition) is 0. The van der Waals surface area contributed by atoms with Crippen molar-refractivity contribution >= 4 is 15.7 Å². The minimum atomic E-state index is -3.48. The van der Waals surface area contributed by atoms with Crippen molar-refractivity contribution in [2.45, 2.75) is 20.1 Å². The van der Waals surface area contributed by atoms with Gasteiger partial charge < -0.3 is 9.47 Å². The SMILES string of the molecule is CCS(=O)(=O)N(Cc1ccccn1)c1ccc(Oc2ccc(OCc3ccccc3)cc2)cc1. The first-order chi connectivity index (χ1) is 16.5. The van der Waals surface area contributed by atoms with Gasteiger partial charge in [-0.05, 0) is 73.2 Å². The molecule has 1 heterocycles. The highest BCUT2D eigenvalue weighted by atomic mass is 32.2. The second-order valence-corrected chi connectivity index (χ2v) is 9.75. The van der Waals surface area contributed by atoms with Crippen LogP contribution in [0.1, 0.15) is 18.2 Å². The zero-order valence-electron chi connectivity index (χ0n) is 18.9. The molecule has 0 spiro atoms. The highest BCUT2D eigenvalue weighted by Crippen LogP contribution is 2.28. The van der Waals surface area contributed by atoms with Gasteiger partial charge in [-0.25, -0.2) is 8.42 Å². The fourth-order valence-electron chi connectivity index (χ4n) is 3.31. The molecule has 0 bridgehead atoms. The van der Waals surface area contributed by atoms with Crippen molar-refractivity contribution in [3.05, 3.63) is 115 Å². The zero-order chi connectivity index (χ0) is 23.8. The van der Waals surface area contributed by atoms with E-state index in [0.717, 1.165) is 11.3 Å². The van der Waals surface area contributed by atoms with Gasteiger partial charge in [0.15, 0.2) is 0 Å². The van der Waals surface area contributed by atoms with Crippen LogP contribution in [0.25, 0.3) is 0 Å². The van der Waals surface area contributed by atoms with Crippen LogP contribution in [-0.2, 0) is 23.2 Å². The normalized spacial score (nSPS) is 11.1. The van der Waals surface area contributed by atoms with Gasteiger partial charge in [0.2, 0.25) is 10.0 Å². The summed E-state index contributed by atoms with van der Waals surface area (Å²) in [5.41, 5.74) is 2.34. The smallest absolute Gasteiger partial charge is 0.235 e. The molecule has 0 saturated heterocycles. The van der Waals surface area contributed by atoms with Crippen molar-refractivity contribution in [3.63, 3.8) is 0 Å². The van der Waals surface area contributed by atoms with Gasteiger partial charge in [-0.2, -0.15) is 0 Å². The first-order valence-corrected chi connectivity index (χ1v) is 12.6. The van der Waals surface area contributed by atoms with Gasteiger partial charge in [0.1, 0.15) is 23.9 Å². The van der Waals surface area contributed by atoms with Crippen molar-refractivity contribution in [2.24, 2.45) is 0 Å². The van der Waals surface area contributed by atoms with Gasteiger partial charge in [0.05, 0.1) is 23.7 Å². The molecule has 0 amide bonds. The number of nitrogens with zero attached hydrogens (tertiary/aromatic N) is 2. The van der Waals surface area contributed by atoms with Crippen LogP contribution in [0, 0.1) is 0 Å². The van der Waals surface area contributed by atoms with Crippen LogP contribution in [-0.4, -0.2) is 19.2 Å². The molecule has 7 heteroatoms. The summed E-state index contributed by atoms with van der Waals surface area (Å²) in [7, 11) is -3.48. The van der Waals surface area contributed by atoms with Crippen molar-refractivity contribution in [1.29, 1.82) is 0 Å². The van der Waals surface area contributed by atoms with E-state index in [1.807, 2.05) is 66.7 Å². The maximum absolute atomic E-state index is 12.7. The Morgan fingerprint density at radius 3 is 2.00 bits per heavy atom. The molecule has 0 aliphatic heterocycles. The highest BCUT2D eigenvalue weighted by Gasteiger charge is 2.21. The molecule has 3 aromatic carbocycles. The first-order valence-electron chi connectivity index (χ1n) is 11.0. The summed E-state index contributed by atoms with van der Waals surface area (Å²) in [6.45, 7) is 2.30. The van der Waals surface area contributed by atoms with Gasteiger partial charge in [-0.3, -0.25) is 9.29 Å². The Hall–Kier alpha value is -3.84. The molecule has 1 aromatic heterocycles. The third-order valence-corrected chi connectivity index (χ3v) is 6.91. The van der Waals surface area contributed by atoms with Crippen LogP contribution >= 0.6 is 0 Å². The second-order valence-electron chi connectivity index (χ2n) is 7.57. The van der Waals surface area contributed by atoms with E-state index in [-0.39, 0.29) is 12.3 Å². The third kappa shape index (κ3) is 6.14. The standard InChI is InChI=1S/C27H26N2O4S/c1-2-34(30,31)29(20-23-10-6-7-19-28-23)24-11-13-26(14-12-24)33-27-17-15-25(16-18-27)32-21-22-8-4-3-5-9-22/h3-19H,2,20-21H2,1H3. The summed E-state index contributed by atoms with van der Waals surface area (Å²) in [6, 6.07) is 29.8. The number of ether oxygens (including phenoxy) is 2. The van der Waals surface area contributed by atoms with Crippen LogP contribution in [0.5, 0.6) is 17.2 Å². The molecule has 174 valence electrons. The third-order valence-electron chi connectivity index (χ3n) is 5.16. The minimum Gasteiger partial charge on any atom is -0.489 e. The van der Waals surface area contributed by atoms with E-state index < -0.39 is 10.0 Å². The molecule has 4 rings (SSSR count). The van der Waals surface area contributed by atoms with E-state index in [4.69, 9.17) is 9.47 Å². The Kier molecular flexibility index (Phi) is 7.44. The summed E-state index contributed by atoms with van der Waals surface area (Å²) in [5, 5.41) is 0. The Labute approximate surface area is 200 Å². The molecule has 0 aliphatic carbocycles. The summed E-state index contributed by atoms with van der Waals surface area (Å²) < 4.78 is 38.5. The molecule has 4 aromatic rings. The van der Waals surface area contributed by atoms with Crippen molar-refractivity contribution in [2.75, 3.05) is 10.1 Å². The Morgan fingerprint density at radius 1 is 0.765 bits per heavy atom. The van der Waals surface area contributed by atoms with Gasteiger partial charge in [0, 0.05) is 6.20 Å². The topological polar surface area (TPSA) is 68.7 Å². The van der Waals surface area contributed by atoms with Gasteiger partial charge in [0.25, 0.3) is 0 Å². The number of benzene rings is 3. The average Bonchev–Trinajstić information content (AvgIpc) is 2.89. The van der Waals surface area contributed by atoms with E-state index in [2.05, 4.69) is 4.98 Å². The molecule has 0 radical (unpaired) electrons. The number of anilines is 1. The lowest BCUT2D eigenvalue weighted by Gasteiger charge is -2.23.